The zero-order valence-corrected chi connectivity index (χ0v) is 14.2. The summed E-state index contributed by atoms with van der Waals surface area (Å²) in [7, 11) is 1.99. The van der Waals surface area contributed by atoms with Gasteiger partial charge in [-0.05, 0) is 41.5 Å². The van der Waals surface area contributed by atoms with Crippen molar-refractivity contribution in [1.82, 2.24) is 24.9 Å². The Morgan fingerprint density at radius 1 is 1.29 bits per heavy atom. The fourth-order valence-electron chi connectivity index (χ4n) is 2.61. The van der Waals surface area contributed by atoms with Gasteiger partial charge in [-0.1, -0.05) is 0 Å². The summed E-state index contributed by atoms with van der Waals surface area (Å²) in [4.78, 5) is 0. The monoisotopic (exact) mass is 289 g/mol. The summed E-state index contributed by atoms with van der Waals surface area (Å²) < 4.78 is 3.95. The molecule has 1 N–H and O–H groups in total. The van der Waals surface area contributed by atoms with Gasteiger partial charge in [0.15, 0.2) is 0 Å². The lowest BCUT2D eigenvalue weighted by Gasteiger charge is -2.19. The van der Waals surface area contributed by atoms with Crippen molar-refractivity contribution in [2.24, 2.45) is 7.05 Å². The summed E-state index contributed by atoms with van der Waals surface area (Å²) in [5, 5.41) is 12.5. The average Bonchev–Trinajstić information content (AvgIpc) is 2.93. The molecule has 0 aliphatic rings. The van der Waals surface area contributed by atoms with Crippen LogP contribution in [0.25, 0.3) is 0 Å². The second-order valence-corrected chi connectivity index (χ2v) is 6.77. The summed E-state index contributed by atoms with van der Waals surface area (Å²) >= 11 is 0. The molecule has 2 rings (SSSR count). The zero-order valence-electron chi connectivity index (χ0n) is 14.2. The summed E-state index contributed by atoms with van der Waals surface area (Å²) in [6.07, 6.45) is 4.05. The first-order valence-corrected chi connectivity index (χ1v) is 7.47. The molecule has 0 saturated carbocycles. The third kappa shape index (κ3) is 3.35. The maximum absolute atomic E-state index is 4.48. The number of aryl methyl sites for hydroxylation is 2. The topological polar surface area (TPSA) is 47.7 Å². The van der Waals surface area contributed by atoms with E-state index >= 15 is 0 Å². The molecular weight excluding hydrogens is 262 g/mol. The molecule has 0 radical (unpaired) electrons. The van der Waals surface area contributed by atoms with Gasteiger partial charge >= 0.3 is 0 Å². The minimum absolute atomic E-state index is 0.0282. The Morgan fingerprint density at radius 3 is 2.43 bits per heavy atom. The maximum Gasteiger partial charge on any atom is 0.0644 e. The van der Waals surface area contributed by atoms with E-state index in [2.05, 4.69) is 63.3 Å². The van der Waals surface area contributed by atoms with E-state index in [1.54, 1.807) is 0 Å². The molecule has 0 fully saturated rings. The maximum atomic E-state index is 4.48. The van der Waals surface area contributed by atoms with Gasteiger partial charge in [-0.15, -0.1) is 0 Å². The highest BCUT2D eigenvalue weighted by atomic mass is 15.3. The van der Waals surface area contributed by atoms with Crippen LogP contribution < -0.4 is 5.32 Å². The first-order valence-electron chi connectivity index (χ1n) is 7.47. The van der Waals surface area contributed by atoms with E-state index in [9.17, 15) is 0 Å². The van der Waals surface area contributed by atoms with Crippen molar-refractivity contribution in [3.63, 3.8) is 0 Å². The molecule has 0 aliphatic carbocycles. The van der Waals surface area contributed by atoms with Crippen LogP contribution in [0.15, 0.2) is 12.4 Å². The van der Waals surface area contributed by atoms with Crippen molar-refractivity contribution in [3.05, 3.63) is 34.9 Å². The number of hydrogen-bond acceptors (Lipinski definition) is 3. The minimum atomic E-state index is 0.0282. The van der Waals surface area contributed by atoms with Crippen LogP contribution in [0.3, 0.4) is 0 Å². The number of rotatable bonds is 4. The van der Waals surface area contributed by atoms with Crippen molar-refractivity contribution < 1.29 is 0 Å². The standard InChI is InChI=1S/C16H27N5/c1-11(15-12(2)19-20(7)13(15)3)17-8-14-9-18-21(10-14)16(4,5)6/h9-11,17H,8H2,1-7H3/t11-/m0/s1. The lowest BCUT2D eigenvalue weighted by molar-refractivity contribution is 0.355. The largest absolute Gasteiger partial charge is 0.306 e. The molecule has 21 heavy (non-hydrogen) atoms. The molecule has 116 valence electrons. The summed E-state index contributed by atoms with van der Waals surface area (Å²) in [5.74, 6) is 0. The fraction of sp³-hybridized carbons (Fsp3) is 0.625. The minimum Gasteiger partial charge on any atom is -0.306 e. The smallest absolute Gasteiger partial charge is 0.0644 e. The number of nitrogens with zero attached hydrogens (tertiary/aromatic N) is 4. The van der Waals surface area contributed by atoms with Crippen LogP contribution in [0.4, 0.5) is 0 Å². The van der Waals surface area contributed by atoms with Crippen LogP contribution in [0, 0.1) is 13.8 Å². The van der Waals surface area contributed by atoms with Crippen molar-refractivity contribution in [1.29, 1.82) is 0 Å². The molecule has 0 saturated heterocycles. The highest BCUT2D eigenvalue weighted by Gasteiger charge is 2.17. The molecular formula is C16H27N5. The molecule has 5 heteroatoms. The van der Waals surface area contributed by atoms with Gasteiger partial charge in [0.05, 0.1) is 17.4 Å². The Balaban J connectivity index is 2.04. The quantitative estimate of drug-likeness (QED) is 0.941. The predicted octanol–water partition coefficient (Wildman–Crippen LogP) is 2.84. The van der Waals surface area contributed by atoms with Gasteiger partial charge in [-0.3, -0.25) is 9.36 Å². The summed E-state index contributed by atoms with van der Waals surface area (Å²) in [6.45, 7) is 13.6. The predicted molar refractivity (Wildman–Crippen MR) is 85.2 cm³/mol. The van der Waals surface area contributed by atoms with Crippen LogP contribution in [0.1, 0.15) is 56.3 Å². The molecule has 2 aromatic rings. The van der Waals surface area contributed by atoms with E-state index in [0.29, 0.717) is 0 Å². The molecule has 0 bridgehead atoms. The normalized spacial score (nSPS) is 13.7. The Morgan fingerprint density at radius 2 is 1.95 bits per heavy atom. The highest BCUT2D eigenvalue weighted by Crippen LogP contribution is 2.21. The average molecular weight is 289 g/mol. The van der Waals surface area contributed by atoms with Gasteiger partial charge in [0.25, 0.3) is 0 Å². The molecule has 0 aromatic carbocycles. The lowest BCUT2D eigenvalue weighted by Crippen LogP contribution is -2.22. The van der Waals surface area contributed by atoms with Gasteiger partial charge in [0.2, 0.25) is 0 Å². The van der Waals surface area contributed by atoms with E-state index in [1.807, 2.05) is 22.6 Å². The Kier molecular flexibility index (Phi) is 4.23. The van der Waals surface area contributed by atoms with Gasteiger partial charge in [-0.2, -0.15) is 10.2 Å². The van der Waals surface area contributed by atoms with Crippen molar-refractivity contribution in [3.8, 4) is 0 Å². The van der Waals surface area contributed by atoms with Crippen molar-refractivity contribution in [2.45, 2.75) is 59.7 Å². The van der Waals surface area contributed by atoms with E-state index in [4.69, 9.17) is 0 Å². The molecule has 2 heterocycles. The van der Waals surface area contributed by atoms with E-state index in [-0.39, 0.29) is 11.6 Å². The van der Waals surface area contributed by atoms with Crippen LogP contribution in [-0.4, -0.2) is 19.6 Å². The molecule has 5 nitrogen and oxygen atoms in total. The number of nitrogens with one attached hydrogen (secondary N) is 1. The first kappa shape index (κ1) is 15.8. The third-order valence-corrected chi connectivity index (χ3v) is 3.93. The molecule has 0 amide bonds. The Bertz CT molecular complexity index is 615. The van der Waals surface area contributed by atoms with Crippen LogP contribution >= 0.6 is 0 Å². The third-order valence-electron chi connectivity index (χ3n) is 3.93. The second-order valence-electron chi connectivity index (χ2n) is 6.77. The van der Waals surface area contributed by atoms with Crippen molar-refractivity contribution >= 4 is 0 Å². The van der Waals surface area contributed by atoms with Crippen molar-refractivity contribution in [2.75, 3.05) is 0 Å². The zero-order chi connectivity index (χ0) is 15.8. The Hall–Kier alpha value is -1.62. The molecule has 0 unspecified atom stereocenters. The van der Waals surface area contributed by atoms with Crippen LogP contribution in [0.5, 0.6) is 0 Å². The SMILES string of the molecule is Cc1nn(C)c(C)c1[C@H](C)NCc1cnn(C(C)(C)C)c1. The molecule has 1 atom stereocenters. The van der Waals surface area contributed by atoms with Gasteiger partial charge < -0.3 is 5.32 Å². The van der Waals surface area contributed by atoms with E-state index in [1.165, 1.54) is 16.8 Å². The van der Waals surface area contributed by atoms with Gasteiger partial charge in [0, 0.05) is 42.7 Å². The second kappa shape index (κ2) is 5.64. The van der Waals surface area contributed by atoms with Crippen LogP contribution in [-0.2, 0) is 19.1 Å². The molecule has 0 aliphatic heterocycles. The lowest BCUT2D eigenvalue weighted by atomic mass is 10.1. The Labute approximate surface area is 127 Å². The molecule has 2 aromatic heterocycles. The van der Waals surface area contributed by atoms with Gasteiger partial charge in [-0.25, -0.2) is 0 Å². The van der Waals surface area contributed by atoms with Crippen LogP contribution in [0.2, 0.25) is 0 Å². The highest BCUT2D eigenvalue weighted by molar-refractivity contribution is 5.27. The molecule has 0 spiro atoms. The summed E-state index contributed by atoms with van der Waals surface area (Å²) in [6, 6.07) is 0.275. The summed E-state index contributed by atoms with van der Waals surface area (Å²) in [5.41, 5.74) is 4.84. The number of hydrogen-bond donors (Lipinski definition) is 1. The van der Waals surface area contributed by atoms with E-state index < -0.39 is 0 Å². The first-order chi connectivity index (χ1) is 9.70. The number of aromatic nitrogens is 4. The van der Waals surface area contributed by atoms with E-state index in [0.717, 1.165) is 12.2 Å². The fourth-order valence-corrected chi connectivity index (χ4v) is 2.61. The van der Waals surface area contributed by atoms with Gasteiger partial charge in [0.1, 0.15) is 0 Å².